The van der Waals surface area contributed by atoms with E-state index in [1.807, 2.05) is 0 Å². The number of fused-ring (bicyclic) bond motifs is 1. The van der Waals surface area contributed by atoms with Crippen molar-refractivity contribution in [3.05, 3.63) is 98.0 Å². The zero-order chi connectivity index (χ0) is 23.5. The fourth-order valence-electron chi connectivity index (χ4n) is 3.41. The van der Waals surface area contributed by atoms with E-state index in [0.717, 1.165) is 0 Å². The van der Waals surface area contributed by atoms with Crippen LogP contribution < -0.4 is 10.9 Å². The highest BCUT2D eigenvalue weighted by molar-refractivity contribution is 5.95. The maximum Gasteiger partial charge on any atom is 0.273 e. The van der Waals surface area contributed by atoms with Gasteiger partial charge in [0.05, 0.1) is 24.2 Å². The van der Waals surface area contributed by atoms with Crippen LogP contribution in [0.2, 0.25) is 0 Å². The predicted molar refractivity (Wildman–Crippen MR) is 117 cm³/mol. The van der Waals surface area contributed by atoms with E-state index >= 15 is 0 Å². The molecule has 0 unspecified atom stereocenters. The molecule has 0 fully saturated rings. The Labute approximate surface area is 186 Å². The summed E-state index contributed by atoms with van der Waals surface area (Å²) in [6, 6.07) is 10.5. The number of carbonyl (C=O) groups is 1. The van der Waals surface area contributed by atoms with Crippen molar-refractivity contribution in [1.82, 2.24) is 24.6 Å². The van der Waals surface area contributed by atoms with Crippen molar-refractivity contribution in [1.29, 1.82) is 0 Å². The molecule has 1 amide bonds. The quantitative estimate of drug-likeness (QED) is 0.341. The Hall–Kier alpha value is -4.41. The van der Waals surface area contributed by atoms with E-state index in [1.54, 1.807) is 25.1 Å². The average molecular weight is 450 g/mol. The Morgan fingerprint density at radius 2 is 2.03 bits per heavy atom. The first-order chi connectivity index (χ1) is 15.8. The summed E-state index contributed by atoms with van der Waals surface area (Å²) in [6.45, 7) is 2.03. The number of aromatic nitrogens is 4. The molecule has 0 saturated carbocycles. The molecule has 2 aromatic carbocycles. The minimum Gasteiger partial charge on any atom is -0.350 e. The molecule has 33 heavy (non-hydrogen) atoms. The van der Waals surface area contributed by atoms with Crippen molar-refractivity contribution < 1.29 is 14.1 Å². The number of amides is 1. The summed E-state index contributed by atoms with van der Waals surface area (Å²) in [6.07, 6.45) is 2.72. The number of benzene rings is 2. The summed E-state index contributed by atoms with van der Waals surface area (Å²) < 4.78 is 16.7. The third-order valence-electron chi connectivity index (χ3n) is 5.20. The molecule has 10 nitrogen and oxygen atoms in total. The zero-order valence-electron chi connectivity index (χ0n) is 17.6. The molecule has 0 radical (unpaired) electrons. The lowest BCUT2D eigenvalue weighted by molar-refractivity contribution is -0.385. The number of nitro benzene ring substituents is 1. The molecule has 0 aliphatic rings. The van der Waals surface area contributed by atoms with Crippen LogP contribution in [0, 0.1) is 22.9 Å². The Bertz CT molecular complexity index is 1430. The van der Waals surface area contributed by atoms with Crippen molar-refractivity contribution in [2.45, 2.75) is 20.0 Å². The van der Waals surface area contributed by atoms with Gasteiger partial charge in [-0.1, -0.05) is 24.3 Å². The van der Waals surface area contributed by atoms with Gasteiger partial charge in [-0.15, -0.1) is 0 Å². The van der Waals surface area contributed by atoms with Gasteiger partial charge in [0.25, 0.3) is 17.2 Å². The first-order valence-electron chi connectivity index (χ1n) is 10.0. The number of nitrogens with zero attached hydrogens (tertiary/aromatic N) is 5. The first-order valence-corrected chi connectivity index (χ1v) is 10.0. The second-order valence-corrected chi connectivity index (χ2v) is 7.39. The van der Waals surface area contributed by atoms with Crippen molar-refractivity contribution in [2.75, 3.05) is 6.54 Å². The summed E-state index contributed by atoms with van der Waals surface area (Å²) >= 11 is 0. The van der Waals surface area contributed by atoms with Gasteiger partial charge in [0.2, 0.25) is 0 Å². The smallest absolute Gasteiger partial charge is 0.273 e. The van der Waals surface area contributed by atoms with Crippen LogP contribution in [-0.2, 0) is 13.1 Å². The topological polar surface area (TPSA) is 125 Å². The second-order valence-electron chi connectivity index (χ2n) is 7.39. The average Bonchev–Trinajstić information content (AvgIpc) is 3.21. The summed E-state index contributed by atoms with van der Waals surface area (Å²) in [5.74, 6) is -0.871. The van der Waals surface area contributed by atoms with E-state index in [-0.39, 0.29) is 41.8 Å². The zero-order valence-corrected chi connectivity index (χ0v) is 17.6. The third kappa shape index (κ3) is 4.47. The van der Waals surface area contributed by atoms with Gasteiger partial charge in [-0.25, -0.2) is 14.1 Å². The minimum absolute atomic E-state index is 0.0401. The Balaban J connectivity index is 1.46. The summed E-state index contributed by atoms with van der Waals surface area (Å²) in [5.41, 5.74) is 0.859. The molecule has 1 N–H and O–H groups in total. The second kappa shape index (κ2) is 8.99. The fraction of sp³-hybridized carbons (Fsp3) is 0.182. The molecular weight excluding hydrogens is 431 g/mol. The number of nitro groups is 1. The molecular formula is C22H19FN6O4. The number of rotatable bonds is 7. The summed E-state index contributed by atoms with van der Waals surface area (Å²) in [7, 11) is 0. The lowest BCUT2D eigenvalue weighted by Gasteiger charge is -2.08. The van der Waals surface area contributed by atoms with Gasteiger partial charge in [0.15, 0.2) is 5.65 Å². The van der Waals surface area contributed by atoms with Crippen molar-refractivity contribution in [3.8, 4) is 0 Å². The number of nitrogens with one attached hydrogen (secondary N) is 1. The molecule has 168 valence electrons. The van der Waals surface area contributed by atoms with E-state index in [4.69, 9.17) is 0 Å². The fourth-order valence-corrected chi connectivity index (χ4v) is 3.41. The van der Waals surface area contributed by atoms with E-state index < -0.39 is 16.6 Å². The lowest BCUT2D eigenvalue weighted by Crippen LogP contribution is -2.28. The van der Waals surface area contributed by atoms with Crippen LogP contribution in [0.15, 0.2) is 59.8 Å². The number of hydrogen-bond donors (Lipinski definition) is 1. The molecule has 2 heterocycles. The highest BCUT2D eigenvalue weighted by Gasteiger charge is 2.15. The van der Waals surface area contributed by atoms with Crippen LogP contribution in [0.3, 0.4) is 0 Å². The number of carbonyl (C=O) groups excluding carboxylic acids is 1. The monoisotopic (exact) mass is 450 g/mol. The summed E-state index contributed by atoms with van der Waals surface area (Å²) in [5, 5.41) is 18.2. The van der Waals surface area contributed by atoms with Gasteiger partial charge < -0.3 is 5.32 Å². The van der Waals surface area contributed by atoms with Gasteiger partial charge in [0.1, 0.15) is 17.5 Å². The van der Waals surface area contributed by atoms with Crippen LogP contribution in [0.4, 0.5) is 10.1 Å². The molecule has 0 atom stereocenters. The highest BCUT2D eigenvalue weighted by Crippen LogP contribution is 2.19. The van der Waals surface area contributed by atoms with Gasteiger partial charge in [-0.3, -0.25) is 24.3 Å². The first kappa shape index (κ1) is 21.8. The normalized spacial score (nSPS) is 11.0. The van der Waals surface area contributed by atoms with E-state index in [9.17, 15) is 24.1 Å². The van der Waals surface area contributed by atoms with Crippen LogP contribution in [-0.4, -0.2) is 36.7 Å². The maximum absolute atomic E-state index is 13.9. The maximum atomic E-state index is 13.9. The molecule has 0 spiro atoms. The highest BCUT2D eigenvalue weighted by atomic mass is 19.1. The van der Waals surface area contributed by atoms with Crippen LogP contribution in [0.1, 0.15) is 21.5 Å². The third-order valence-corrected chi connectivity index (χ3v) is 5.20. The van der Waals surface area contributed by atoms with Crippen molar-refractivity contribution in [3.63, 3.8) is 0 Å². The Morgan fingerprint density at radius 3 is 2.79 bits per heavy atom. The van der Waals surface area contributed by atoms with Crippen molar-refractivity contribution in [2.24, 2.45) is 0 Å². The number of aryl methyl sites for hydroxylation is 1. The molecule has 0 aliphatic heterocycles. The lowest BCUT2D eigenvalue weighted by atomic mass is 10.1. The molecule has 4 rings (SSSR count). The van der Waals surface area contributed by atoms with Gasteiger partial charge in [0, 0.05) is 29.3 Å². The van der Waals surface area contributed by atoms with Crippen LogP contribution >= 0.6 is 0 Å². The summed E-state index contributed by atoms with van der Waals surface area (Å²) in [4.78, 5) is 39.9. The van der Waals surface area contributed by atoms with E-state index in [0.29, 0.717) is 16.8 Å². The van der Waals surface area contributed by atoms with Gasteiger partial charge >= 0.3 is 0 Å². The van der Waals surface area contributed by atoms with Crippen LogP contribution in [0.5, 0.6) is 0 Å². The van der Waals surface area contributed by atoms with Crippen molar-refractivity contribution >= 4 is 22.6 Å². The SMILES string of the molecule is Cc1ccc(C(=O)NCCn2ncc3c(=O)n(Cc4ccccc4F)cnc32)cc1[N+](=O)[O-]. The van der Waals surface area contributed by atoms with E-state index in [1.165, 1.54) is 46.0 Å². The van der Waals surface area contributed by atoms with Crippen LogP contribution in [0.25, 0.3) is 11.0 Å². The minimum atomic E-state index is -0.535. The number of hydrogen-bond acceptors (Lipinski definition) is 6. The molecule has 0 aliphatic carbocycles. The molecule has 11 heteroatoms. The largest absolute Gasteiger partial charge is 0.350 e. The predicted octanol–water partition coefficient (Wildman–Crippen LogP) is 2.43. The molecule has 0 bridgehead atoms. The van der Waals surface area contributed by atoms with E-state index in [2.05, 4.69) is 15.4 Å². The van der Waals surface area contributed by atoms with Gasteiger partial charge in [-0.2, -0.15) is 5.10 Å². The Kier molecular flexibility index (Phi) is 5.94. The molecule has 4 aromatic rings. The molecule has 0 saturated heterocycles. The number of halogens is 1. The van der Waals surface area contributed by atoms with Gasteiger partial charge in [-0.05, 0) is 19.1 Å². The molecule has 2 aromatic heterocycles. The Morgan fingerprint density at radius 1 is 1.24 bits per heavy atom. The standard InChI is InChI=1S/C22H19FN6O4/c1-14-6-7-15(10-19(14)29(32)33)21(30)24-8-9-28-20-17(11-26-28)22(31)27(13-25-20)12-16-4-2-3-5-18(16)23/h2-7,10-11,13H,8-9,12H2,1H3,(H,24,30).